The normalized spacial score (nSPS) is 34.2. The third-order valence-corrected chi connectivity index (χ3v) is 4.67. The first-order valence-electron chi connectivity index (χ1n) is 7.55. The minimum Gasteiger partial charge on any atom is -0.313 e. The summed E-state index contributed by atoms with van der Waals surface area (Å²) < 4.78 is 0. The Morgan fingerprint density at radius 2 is 2.06 bits per heavy atom. The van der Waals surface area contributed by atoms with Gasteiger partial charge in [-0.15, -0.1) is 0 Å². The molecule has 17 heavy (non-hydrogen) atoms. The fourth-order valence-corrected chi connectivity index (χ4v) is 3.46. The number of hydrogen-bond donors (Lipinski definition) is 1. The second kappa shape index (κ2) is 5.71. The quantitative estimate of drug-likeness (QED) is 0.765. The van der Waals surface area contributed by atoms with Crippen LogP contribution in [0.5, 0.6) is 0 Å². The summed E-state index contributed by atoms with van der Waals surface area (Å²) in [5.41, 5.74) is 0.561. The molecular formula is C15H30N2. The SMILES string of the molecule is CCN(C)CC1(CNC2CC2)CCCC(C)C1. The Labute approximate surface area is 107 Å². The fourth-order valence-electron chi connectivity index (χ4n) is 3.46. The Kier molecular flexibility index (Phi) is 4.48. The highest BCUT2D eigenvalue weighted by Gasteiger charge is 2.36. The van der Waals surface area contributed by atoms with Crippen LogP contribution in [0, 0.1) is 11.3 Å². The first-order valence-corrected chi connectivity index (χ1v) is 7.55. The Hall–Kier alpha value is -0.0800. The van der Waals surface area contributed by atoms with Gasteiger partial charge in [0.15, 0.2) is 0 Å². The zero-order valence-electron chi connectivity index (χ0n) is 12.0. The van der Waals surface area contributed by atoms with Gasteiger partial charge in [-0.3, -0.25) is 0 Å². The van der Waals surface area contributed by atoms with Crippen LogP contribution in [0.4, 0.5) is 0 Å². The summed E-state index contributed by atoms with van der Waals surface area (Å²) in [6.07, 6.45) is 8.56. The van der Waals surface area contributed by atoms with Gasteiger partial charge in [-0.05, 0) is 50.6 Å². The minimum absolute atomic E-state index is 0.561. The second-order valence-corrected chi connectivity index (χ2v) is 6.69. The summed E-state index contributed by atoms with van der Waals surface area (Å²) in [6.45, 7) is 8.44. The third-order valence-electron chi connectivity index (χ3n) is 4.67. The van der Waals surface area contributed by atoms with Crippen molar-refractivity contribution in [1.29, 1.82) is 0 Å². The molecule has 2 heteroatoms. The van der Waals surface area contributed by atoms with Gasteiger partial charge in [0.05, 0.1) is 0 Å². The molecular weight excluding hydrogens is 208 g/mol. The summed E-state index contributed by atoms with van der Waals surface area (Å²) in [4.78, 5) is 2.51. The number of rotatable bonds is 6. The predicted octanol–water partition coefficient (Wildman–Crippen LogP) is 2.89. The smallest absolute Gasteiger partial charge is 0.00684 e. The van der Waals surface area contributed by atoms with Crippen molar-refractivity contribution in [3.05, 3.63) is 0 Å². The molecule has 0 aromatic rings. The van der Waals surface area contributed by atoms with Crippen LogP contribution in [0.3, 0.4) is 0 Å². The molecule has 2 saturated carbocycles. The summed E-state index contributed by atoms with van der Waals surface area (Å²) in [6, 6.07) is 0.857. The minimum atomic E-state index is 0.561. The van der Waals surface area contributed by atoms with Gasteiger partial charge >= 0.3 is 0 Å². The molecule has 2 nitrogen and oxygen atoms in total. The van der Waals surface area contributed by atoms with Crippen molar-refractivity contribution in [2.24, 2.45) is 11.3 Å². The molecule has 2 aliphatic carbocycles. The molecule has 2 unspecified atom stereocenters. The summed E-state index contributed by atoms with van der Waals surface area (Å²) in [7, 11) is 2.28. The van der Waals surface area contributed by atoms with Crippen molar-refractivity contribution in [3.8, 4) is 0 Å². The first-order chi connectivity index (χ1) is 8.13. The van der Waals surface area contributed by atoms with E-state index in [1.54, 1.807) is 0 Å². The molecule has 0 aliphatic heterocycles. The van der Waals surface area contributed by atoms with Crippen LogP contribution in [0.1, 0.15) is 52.4 Å². The molecule has 0 aromatic heterocycles. The lowest BCUT2D eigenvalue weighted by Gasteiger charge is -2.42. The molecule has 0 radical (unpaired) electrons. The molecule has 0 heterocycles. The van der Waals surface area contributed by atoms with E-state index in [0.29, 0.717) is 5.41 Å². The molecule has 0 amide bonds. The van der Waals surface area contributed by atoms with Crippen LogP contribution in [0.25, 0.3) is 0 Å². The van der Waals surface area contributed by atoms with Crippen molar-refractivity contribution in [2.75, 3.05) is 26.7 Å². The average molecular weight is 238 g/mol. The first kappa shape index (κ1) is 13.4. The molecule has 0 spiro atoms. The zero-order chi connectivity index (χ0) is 12.3. The molecule has 2 aliphatic rings. The summed E-state index contributed by atoms with van der Waals surface area (Å²) in [5, 5.41) is 3.79. The van der Waals surface area contributed by atoms with E-state index >= 15 is 0 Å². The van der Waals surface area contributed by atoms with Gasteiger partial charge in [-0.1, -0.05) is 26.7 Å². The summed E-state index contributed by atoms with van der Waals surface area (Å²) in [5.74, 6) is 0.926. The van der Waals surface area contributed by atoms with Crippen LogP contribution in [-0.4, -0.2) is 37.6 Å². The van der Waals surface area contributed by atoms with Crippen molar-refractivity contribution in [1.82, 2.24) is 10.2 Å². The maximum atomic E-state index is 3.79. The van der Waals surface area contributed by atoms with E-state index in [4.69, 9.17) is 0 Å². The van der Waals surface area contributed by atoms with E-state index < -0.39 is 0 Å². The lowest BCUT2D eigenvalue weighted by molar-refractivity contribution is 0.0937. The Morgan fingerprint density at radius 3 is 2.65 bits per heavy atom. The van der Waals surface area contributed by atoms with E-state index in [9.17, 15) is 0 Å². The highest BCUT2D eigenvalue weighted by atomic mass is 15.1. The average Bonchev–Trinajstić information content (AvgIpc) is 3.10. The van der Waals surface area contributed by atoms with Crippen LogP contribution >= 0.6 is 0 Å². The fraction of sp³-hybridized carbons (Fsp3) is 1.00. The maximum Gasteiger partial charge on any atom is 0.00684 e. The predicted molar refractivity (Wildman–Crippen MR) is 74.3 cm³/mol. The maximum absolute atomic E-state index is 3.79. The van der Waals surface area contributed by atoms with E-state index in [2.05, 4.69) is 31.1 Å². The monoisotopic (exact) mass is 238 g/mol. The van der Waals surface area contributed by atoms with Crippen molar-refractivity contribution >= 4 is 0 Å². The third kappa shape index (κ3) is 3.96. The van der Waals surface area contributed by atoms with Gasteiger partial charge in [0.25, 0.3) is 0 Å². The second-order valence-electron chi connectivity index (χ2n) is 6.69. The van der Waals surface area contributed by atoms with Gasteiger partial charge in [0, 0.05) is 19.1 Å². The van der Waals surface area contributed by atoms with Gasteiger partial charge in [0.1, 0.15) is 0 Å². The molecule has 0 saturated heterocycles. The molecule has 0 bridgehead atoms. The van der Waals surface area contributed by atoms with Crippen molar-refractivity contribution in [2.45, 2.75) is 58.4 Å². The van der Waals surface area contributed by atoms with Gasteiger partial charge < -0.3 is 10.2 Å². The summed E-state index contributed by atoms with van der Waals surface area (Å²) >= 11 is 0. The zero-order valence-corrected chi connectivity index (χ0v) is 12.0. The number of nitrogens with zero attached hydrogens (tertiary/aromatic N) is 1. The molecule has 2 rings (SSSR count). The van der Waals surface area contributed by atoms with Crippen LogP contribution < -0.4 is 5.32 Å². The van der Waals surface area contributed by atoms with E-state index in [1.807, 2.05) is 0 Å². The highest BCUT2D eigenvalue weighted by molar-refractivity contribution is 4.92. The van der Waals surface area contributed by atoms with Crippen LogP contribution in [0.2, 0.25) is 0 Å². The molecule has 2 atom stereocenters. The standard InChI is InChI=1S/C15H30N2/c1-4-17(3)12-15(11-16-14-7-8-14)9-5-6-13(2)10-15/h13-14,16H,4-12H2,1-3H3. The van der Waals surface area contributed by atoms with E-state index in [0.717, 1.165) is 12.0 Å². The number of hydrogen-bond acceptors (Lipinski definition) is 2. The Bertz CT molecular complexity index is 237. The van der Waals surface area contributed by atoms with Gasteiger partial charge in [0.2, 0.25) is 0 Å². The largest absolute Gasteiger partial charge is 0.313 e. The van der Waals surface area contributed by atoms with E-state index in [-0.39, 0.29) is 0 Å². The van der Waals surface area contributed by atoms with Crippen LogP contribution in [-0.2, 0) is 0 Å². The van der Waals surface area contributed by atoms with E-state index in [1.165, 1.54) is 58.2 Å². The van der Waals surface area contributed by atoms with Crippen molar-refractivity contribution < 1.29 is 0 Å². The molecule has 1 N–H and O–H groups in total. The molecule has 100 valence electrons. The Balaban J connectivity index is 1.92. The molecule has 2 fully saturated rings. The lowest BCUT2D eigenvalue weighted by Crippen LogP contribution is -2.46. The Morgan fingerprint density at radius 1 is 1.29 bits per heavy atom. The topological polar surface area (TPSA) is 15.3 Å². The highest BCUT2D eigenvalue weighted by Crippen LogP contribution is 2.40. The lowest BCUT2D eigenvalue weighted by atomic mass is 9.69. The van der Waals surface area contributed by atoms with Gasteiger partial charge in [-0.25, -0.2) is 0 Å². The number of nitrogens with one attached hydrogen (secondary N) is 1. The van der Waals surface area contributed by atoms with Crippen LogP contribution in [0.15, 0.2) is 0 Å². The van der Waals surface area contributed by atoms with Crippen molar-refractivity contribution in [3.63, 3.8) is 0 Å². The molecule has 0 aromatic carbocycles. The van der Waals surface area contributed by atoms with Gasteiger partial charge in [-0.2, -0.15) is 0 Å².